The Labute approximate surface area is 173 Å². The van der Waals surface area contributed by atoms with Gasteiger partial charge >= 0.3 is 0 Å². The predicted octanol–water partition coefficient (Wildman–Crippen LogP) is 2.02. The average Bonchev–Trinajstić information content (AvgIpc) is 3.05. The summed E-state index contributed by atoms with van der Waals surface area (Å²) in [5, 5.41) is 15.2. The highest BCUT2D eigenvalue weighted by atomic mass is 35.5. The number of aliphatic hydroxyl groups is 1. The van der Waals surface area contributed by atoms with E-state index in [9.17, 15) is 9.59 Å². The number of carbonyl (C=O) groups excluding carboxylic acids is 2. The number of imidazole rings is 1. The zero-order valence-electron chi connectivity index (χ0n) is 16.0. The maximum atomic E-state index is 12.7. The lowest BCUT2D eigenvalue weighted by molar-refractivity contribution is -0.119. The van der Waals surface area contributed by atoms with Gasteiger partial charge in [-0.1, -0.05) is 29.8 Å². The molecule has 1 aromatic carbocycles. The van der Waals surface area contributed by atoms with Crippen LogP contribution in [0.25, 0.3) is 0 Å². The summed E-state index contributed by atoms with van der Waals surface area (Å²) in [6, 6.07) is 7.46. The van der Waals surface area contributed by atoms with Crippen LogP contribution in [0, 0.1) is 0 Å². The van der Waals surface area contributed by atoms with E-state index in [1.165, 1.54) is 0 Å². The molecule has 1 aliphatic carbocycles. The second kappa shape index (κ2) is 9.58. The Morgan fingerprint density at radius 2 is 2.14 bits per heavy atom. The highest BCUT2D eigenvalue weighted by molar-refractivity contribution is 6.30. The van der Waals surface area contributed by atoms with Crippen LogP contribution in [0.3, 0.4) is 0 Å². The van der Waals surface area contributed by atoms with Crippen LogP contribution in [0.5, 0.6) is 6.01 Å². The molecule has 8 nitrogen and oxygen atoms in total. The van der Waals surface area contributed by atoms with Crippen LogP contribution in [-0.2, 0) is 11.3 Å². The Morgan fingerprint density at radius 3 is 2.79 bits per heavy atom. The van der Waals surface area contributed by atoms with Gasteiger partial charge < -0.3 is 20.5 Å². The number of hydrogen-bond donors (Lipinski definition) is 3. The fourth-order valence-corrected chi connectivity index (χ4v) is 3.17. The quantitative estimate of drug-likeness (QED) is 0.566. The van der Waals surface area contributed by atoms with Crippen molar-refractivity contribution in [1.29, 1.82) is 0 Å². The summed E-state index contributed by atoms with van der Waals surface area (Å²) < 4.78 is 7.63. The molecular weight excluding hydrogens is 396 g/mol. The van der Waals surface area contributed by atoms with Gasteiger partial charge in [0, 0.05) is 31.5 Å². The largest absolute Gasteiger partial charge is 0.457 e. The summed E-state index contributed by atoms with van der Waals surface area (Å²) in [7, 11) is 1.66. The van der Waals surface area contributed by atoms with Gasteiger partial charge in [-0.15, -0.1) is 0 Å². The molecule has 0 saturated heterocycles. The lowest BCUT2D eigenvalue weighted by atomic mass is 10.0. The molecule has 1 aromatic heterocycles. The molecule has 3 N–H and O–H groups in total. The van der Waals surface area contributed by atoms with Gasteiger partial charge in [-0.25, -0.2) is 0 Å². The summed E-state index contributed by atoms with van der Waals surface area (Å²) in [5.74, 6) is 0.0357. The first-order valence-corrected chi connectivity index (χ1v) is 9.66. The second-order valence-electron chi connectivity index (χ2n) is 6.57. The zero-order valence-corrected chi connectivity index (χ0v) is 16.8. The predicted molar refractivity (Wildman–Crippen MR) is 110 cm³/mol. The average molecular weight is 419 g/mol. The fraction of sp³-hybridized carbons (Fsp3) is 0.350. The molecule has 29 heavy (non-hydrogen) atoms. The van der Waals surface area contributed by atoms with E-state index in [2.05, 4.69) is 15.6 Å². The van der Waals surface area contributed by atoms with Crippen LogP contribution in [0.1, 0.15) is 28.9 Å². The molecule has 1 heterocycles. The highest BCUT2D eigenvalue weighted by Gasteiger charge is 2.26. The Morgan fingerprint density at radius 1 is 1.38 bits per heavy atom. The number of anilines is 1. The number of amides is 1. The van der Waals surface area contributed by atoms with Crippen LogP contribution in [0.4, 0.5) is 5.82 Å². The Kier molecular flexibility index (Phi) is 6.90. The number of nitrogens with zero attached hydrogens (tertiary/aromatic N) is 2. The summed E-state index contributed by atoms with van der Waals surface area (Å²) in [5.41, 5.74) is 1.17. The molecule has 1 atom stereocenters. The molecule has 3 rings (SSSR count). The van der Waals surface area contributed by atoms with Crippen LogP contribution >= 0.6 is 11.6 Å². The first-order chi connectivity index (χ1) is 14.0. The molecule has 0 radical (unpaired) electrons. The number of allylic oxidation sites excluding steroid dienone is 1. The van der Waals surface area contributed by atoms with Crippen molar-refractivity contribution < 1.29 is 19.4 Å². The minimum absolute atomic E-state index is 0.0862. The first-order valence-electron chi connectivity index (χ1n) is 9.28. The van der Waals surface area contributed by atoms with Gasteiger partial charge in [0.25, 0.3) is 11.9 Å². The van der Waals surface area contributed by atoms with E-state index in [4.69, 9.17) is 21.4 Å². The van der Waals surface area contributed by atoms with Gasteiger partial charge in [-0.05, 0) is 23.8 Å². The minimum atomic E-state index is -0.444. The monoisotopic (exact) mass is 418 g/mol. The van der Waals surface area contributed by atoms with Gasteiger partial charge in [-0.3, -0.25) is 14.2 Å². The van der Waals surface area contributed by atoms with E-state index in [1.54, 1.807) is 29.8 Å². The van der Waals surface area contributed by atoms with E-state index in [0.29, 0.717) is 23.8 Å². The van der Waals surface area contributed by atoms with Crippen molar-refractivity contribution in [3.05, 3.63) is 52.7 Å². The fourth-order valence-electron chi connectivity index (χ4n) is 3.04. The Hall–Kier alpha value is -2.84. The molecule has 0 bridgehead atoms. The van der Waals surface area contributed by atoms with E-state index in [0.717, 1.165) is 5.56 Å². The molecule has 154 valence electrons. The summed E-state index contributed by atoms with van der Waals surface area (Å²) in [6.45, 7) is 0.252. The van der Waals surface area contributed by atoms with Crippen molar-refractivity contribution in [2.75, 3.05) is 25.5 Å². The minimum Gasteiger partial charge on any atom is -0.457 e. The van der Waals surface area contributed by atoms with Gasteiger partial charge in [0.2, 0.25) is 0 Å². The van der Waals surface area contributed by atoms with Crippen LogP contribution < -0.4 is 15.4 Å². The van der Waals surface area contributed by atoms with Crippen molar-refractivity contribution in [2.45, 2.75) is 25.5 Å². The number of carbonyl (C=O) groups is 2. The van der Waals surface area contributed by atoms with Gasteiger partial charge in [0.1, 0.15) is 11.9 Å². The lowest BCUT2D eigenvalue weighted by Gasteiger charge is -2.18. The van der Waals surface area contributed by atoms with E-state index in [-0.39, 0.29) is 37.1 Å². The summed E-state index contributed by atoms with van der Waals surface area (Å²) >= 11 is 5.97. The number of benzene rings is 1. The Balaban J connectivity index is 1.98. The number of aromatic nitrogens is 2. The van der Waals surface area contributed by atoms with Crippen molar-refractivity contribution in [2.24, 2.45) is 0 Å². The second-order valence-corrected chi connectivity index (χ2v) is 7.00. The number of ether oxygens (including phenoxy) is 1. The molecule has 0 aliphatic heterocycles. The number of Topliss-reactive ketones (excluding diaryl/α,β-unsaturated/α-hetero) is 1. The third-order valence-electron chi connectivity index (χ3n) is 4.42. The van der Waals surface area contributed by atoms with E-state index < -0.39 is 12.0 Å². The molecule has 1 unspecified atom stereocenters. The SMILES string of the molecule is CNc1nc(OC2C=CCC(=O)C2)n(Cc2ccc(Cl)cc2)c1C(=O)NCCO. The number of nitrogens with one attached hydrogen (secondary N) is 2. The molecule has 0 saturated carbocycles. The molecule has 1 amide bonds. The normalized spacial score (nSPS) is 16.0. The number of rotatable bonds is 8. The molecule has 2 aromatic rings. The summed E-state index contributed by atoms with van der Waals surface area (Å²) in [4.78, 5) is 28.9. The third-order valence-corrected chi connectivity index (χ3v) is 4.67. The number of aliphatic hydroxyl groups excluding tert-OH is 1. The molecule has 0 fully saturated rings. The molecule has 1 aliphatic rings. The maximum Gasteiger partial charge on any atom is 0.299 e. The van der Waals surface area contributed by atoms with Crippen molar-refractivity contribution in [1.82, 2.24) is 14.9 Å². The van der Waals surface area contributed by atoms with Crippen LogP contribution in [0.2, 0.25) is 5.02 Å². The van der Waals surface area contributed by atoms with Crippen LogP contribution in [0.15, 0.2) is 36.4 Å². The number of ketones is 1. The number of halogens is 1. The van der Waals surface area contributed by atoms with Gasteiger partial charge in [-0.2, -0.15) is 4.98 Å². The van der Waals surface area contributed by atoms with Crippen molar-refractivity contribution in [3.8, 4) is 6.01 Å². The smallest absolute Gasteiger partial charge is 0.299 e. The van der Waals surface area contributed by atoms with E-state index in [1.807, 2.05) is 18.2 Å². The maximum absolute atomic E-state index is 12.7. The van der Waals surface area contributed by atoms with Crippen molar-refractivity contribution >= 4 is 29.1 Å². The van der Waals surface area contributed by atoms with E-state index >= 15 is 0 Å². The van der Waals surface area contributed by atoms with Gasteiger partial charge in [0.15, 0.2) is 11.5 Å². The standard InChI is InChI=1S/C20H23ClN4O4/c1-22-18-17(19(28)23-9-10-26)25(12-13-5-7-14(21)8-6-13)20(24-18)29-16-4-2-3-15(27)11-16/h2,4-8,16,22,26H,3,9-12H2,1H3,(H,23,28). The highest BCUT2D eigenvalue weighted by Crippen LogP contribution is 2.26. The van der Waals surface area contributed by atoms with Gasteiger partial charge in [0.05, 0.1) is 13.2 Å². The summed E-state index contributed by atoms with van der Waals surface area (Å²) in [6.07, 6.45) is 3.81. The molecular formula is C20H23ClN4O4. The first kappa shape index (κ1) is 20.9. The van der Waals surface area contributed by atoms with Crippen molar-refractivity contribution in [3.63, 3.8) is 0 Å². The third kappa shape index (κ3) is 5.16. The lowest BCUT2D eigenvalue weighted by Crippen LogP contribution is -2.30. The zero-order chi connectivity index (χ0) is 20.8. The van der Waals surface area contributed by atoms with Crippen LogP contribution in [-0.4, -0.2) is 52.7 Å². The molecule has 9 heteroatoms. The topological polar surface area (TPSA) is 105 Å². The Bertz CT molecular complexity index is 908. The molecule has 0 spiro atoms. The number of hydrogen-bond acceptors (Lipinski definition) is 6.